The summed E-state index contributed by atoms with van der Waals surface area (Å²) in [6.45, 7) is 4.37. The molecule has 0 bridgehead atoms. The van der Waals surface area contributed by atoms with Crippen LogP contribution in [0.1, 0.15) is 412 Å². The second-order valence-corrected chi connectivity index (χ2v) is 31.6. The van der Waals surface area contributed by atoms with Crippen LogP contribution in [0, 0.1) is 0 Å². The van der Waals surface area contributed by atoms with E-state index in [9.17, 15) is 19.0 Å². The molecule has 0 rings (SSSR count). The third-order valence-corrected chi connectivity index (χ3v) is 20.1. The number of phosphoric ester groups is 1. The van der Waals surface area contributed by atoms with E-state index in [0.717, 1.165) is 77.0 Å². The van der Waals surface area contributed by atoms with Gasteiger partial charge in [-0.05, 0) is 96.3 Å². The maximum Gasteiger partial charge on any atom is 0.472 e. The standard InChI is InChI=1S/C90H164NO8P/c1-6-8-10-12-14-16-18-20-22-24-26-28-30-32-34-36-38-40-42-43-44-45-46-47-49-50-52-54-56-58-60-62-64-66-68-70-72-74-76-78-80-82-89(92)96-86-88(87-98-100(94,95)97-85-84-91(3,4)5)99-90(93)83-81-79-77-75-73-71-69-67-65-63-61-59-57-55-53-51-48-41-39-37-35-33-31-29-27-25-23-21-19-17-15-13-11-9-7-2/h9,11,15,17-18,20-21,23-24,26-27,29,33,35,39,41,88H,6-8,10,12-14,16,19,22,25,28,30-32,34,36-38,40,42-87H2,1-5H3/p+1/b11-9-,17-15-,20-18-,23-21-,26-24-,29-27-,35-33-,41-39-. The first-order chi connectivity index (χ1) is 49.0. The van der Waals surface area contributed by atoms with Gasteiger partial charge in [-0.1, -0.05) is 400 Å². The predicted octanol–water partition coefficient (Wildman–Crippen LogP) is 29.0. The lowest BCUT2D eigenvalue weighted by Gasteiger charge is -2.24. The zero-order valence-electron chi connectivity index (χ0n) is 66.7. The van der Waals surface area contributed by atoms with E-state index in [1.807, 2.05) is 21.1 Å². The molecule has 0 amide bonds. The maximum atomic E-state index is 12.9. The van der Waals surface area contributed by atoms with Gasteiger partial charge in [0.25, 0.3) is 0 Å². The second-order valence-electron chi connectivity index (χ2n) is 30.2. The number of ether oxygens (including phenoxy) is 2. The molecule has 0 saturated heterocycles. The average Bonchev–Trinajstić information content (AvgIpc) is 1.65. The van der Waals surface area contributed by atoms with Crippen LogP contribution in [0.4, 0.5) is 0 Å². The number of carbonyl (C=O) groups is 2. The highest BCUT2D eigenvalue weighted by Crippen LogP contribution is 2.43. The van der Waals surface area contributed by atoms with Crippen molar-refractivity contribution in [3.05, 3.63) is 97.2 Å². The Balaban J connectivity index is 3.89. The van der Waals surface area contributed by atoms with E-state index in [2.05, 4.69) is 111 Å². The van der Waals surface area contributed by atoms with Crippen LogP contribution < -0.4 is 0 Å². The SMILES string of the molecule is CC/C=C\C/C=C\C/C=C\C/C=C\C/C=C\C/C=C\CCCCCCCCCCCCCCCCCCC(=O)OC(COC(=O)CCCCCCCCCCCCCCCCCCCCCCCCCCCCCCC/C=C\C/C=C\CCCCCCC)COP(=O)(O)OCC[N+](C)(C)C. The maximum absolute atomic E-state index is 12.9. The van der Waals surface area contributed by atoms with Crippen molar-refractivity contribution in [3.63, 3.8) is 0 Å². The highest BCUT2D eigenvalue weighted by molar-refractivity contribution is 7.47. The lowest BCUT2D eigenvalue weighted by atomic mass is 10.0. The van der Waals surface area contributed by atoms with Crippen molar-refractivity contribution in [2.24, 2.45) is 0 Å². The fourth-order valence-corrected chi connectivity index (χ4v) is 13.3. The highest BCUT2D eigenvalue weighted by atomic mass is 31.2. The van der Waals surface area contributed by atoms with Crippen LogP contribution in [0.2, 0.25) is 0 Å². The number of esters is 2. The number of phosphoric acid groups is 1. The molecule has 1 N–H and O–H groups in total. The van der Waals surface area contributed by atoms with Gasteiger partial charge in [-0.15, -0.1) is 0 Å². The molecule has 2 unspecified atom stereocenters. The van der Waals surface area contributed by atoms with Gasteiger partial charge in [-0.25, -0.2) is 4.57 Å². The van der Waals surface area contributed by atoms with Crippen LogP contribution in [0.25, 0.3) is 0 Å². The van der Waals surface area contributed by atoms with Gasteiger partial charge in [-0.3, -0.25) is 18.6 Å². The van der Waals surface area contributed by atoms with E-state index in [4.69, 9.17) is 18.5 Å². The molecule has 0 spiro atoms. The number of likely N-dealkylation sites (N-methyl/N-ethyl adjacent to an activating group) is 1. The fourth-order valence-electron chi connectivity index (χ4n) is 12.6. The molecular weight excluding hydrogens is 1250 g/mol. The normalized spacial score (nSPS) is 13.5. The van der Waals surface area contributed by atoms with Crippen molar-refractivity contribution in [1.82, 2.24) is 0 Å². The van der Waals surface area contributed by atoms with Crippen molar-refractivity contribution in [3.8, 4) is 0 Å². The molecule has 100 heavy (non-hydrogen) atoms. The first-order valence-corrected chi connectivity index (χ1v) is 44.5. The van der Waals surface area contributed by atoms with Gasteiger partial charge in [-0.2, -0.15) is 0 Å². The smallest absolute Gasteiger partial charge is 0.462 e. The molecule has 0 aromatic heterocycles. The number of allylic oxidation sites excluding steroid dienone is 16. The lowest BCUT2D eigenvalue weighted by molar-refractivity contribution is -0.870. The van der Waals surface area contributed by atoms with Gasteiger partial charge < -0.3 is 18.9 Å². The molecule has 0 radical (unpaired) electrons. The van der Waals surface area contributed by atoms with Crippen LogP contribution in [-0.4, -0.2) is 74.9 Å². The zero-order valence-corrected chi connectivity index (χ0v) is 67.6. The number of rotatable bonds is 80. The quantitative estimate of drug-likeness (QED) is 0.0211. The molecule has 0 saturated carbocycles. The van der Waals surface area contributed by atoms with E-state index in [-0.39, 0.29) is 25.6 Å². The van der Waals surface area contributed by atoms with Crippen LogP contribution in [0.3, 0.4) is 0 Å². The molecule has 0 heterocycles. The minimum atomic E-state index is -4.40. The number of hydrogen-bond donors (Lipinski definition) is 1. The zero-order chi connectivity index (χ0) is 72.5. The Hall–Kier alpha value is -3.07. The van der Waals surface area contributed by atoms with Crippen molar-refractivity contribution < 1.29 is 42.1 Å². The van der Waals surface area contributed by atoms with Crippen LogP contribution in [0.15, 0.2) is 97.2 Å². The van der Waals surface area contributed by atoms with Gasteiger partial charge in [0.15, 0.2) is 6.10 Å². The molecule has 0 aliphatic rings. The Morgan fingerprint density at radius 2 is 0.570 bits per heavy atom. The van der Waals surface area contributed by atoms with E-state index < -0.39 is 26.5 Å². The van der Waals surface area contributed by atoms with Gasteiger partial charge in [0.2, 0.25) is 0 Å². The highest BCUT2D eigenvalue weighted by Gasteiger charge is 2.27. The van der Waals surface area contributed by atoms with E-state index in [1.165, 1.54) is 302 Å². The first-order valence-electron chi connectivity index (χ1n) is 43.0. The van der Waals surface area contributed by atoms with Crippen LogP contribution in [0.5, 0.6) is 0 Å². The van der Waals surface area contributed by atoms with Gasteiger partial charge in [0.05, 0.1) is 27.7 Å². The summed E-state index contributed by atoms with van der Waals surface area (Å²) in [6, 6.07) is 0. The largest absolute Gasteiger partial charge is 0.472 e. The van der Waals surface area contributed by atoms with E-state index in [1.54, 1.807) is 0 Å². The summed E-state index contributed by atoms with van der Waals surface area (Å²) in [5.74, 6) is -0.779. The number of hydrogen-bond acceptors (Lipinski definition) is 7. The predicted molar refractivity (Wildman–Crippen MR) is 436 cm³/mol. The molecular formula is C90H165NO8P+. The summed E-state index contributed by atoms with van der Waals surface area (Å²) >= 11 is 0. The van der Waals surface area contributed by atoms with Gasteiger partial charge in [0, 0.05) is 12.8 Å². The molecule has 0 aliphatic carbocycles. The monoisotopic (exact) mass is 1420 g/mol. The van der Waals surface area contributed by atoms with Crippen molar-refractivity contribution in [1.29, 1.82) is 0 Å². The Bertz CT molecular complexity index is 2010. The summed E-state index contributed by atoms with van der Waals surface area (Å²) < 4.78 is 34.9. The summed E-state index contributed by atoms with van der Waals surface area (Å²) in [5.41, 5.74) is 0. The molecule has 582 valence electrons. The third-order valence-electron chi connectivity index (χ3n) is 19.1. The van der Waals surface area contributed by atoms with Crippen LogP contribution in [-0.2, 0) is 32.7 Å². The Morgan fingerprint density at radius 1 is 0.320 bits per heavy atom. The summed E-state index contributed by atoms with van der Waals surface area (Å²) in [6.07, 6.45) is 113. The first kappa shape index (κ1) is 96.9. The second kappa shape index (κ2) is 80.0. The van der Waals surface area contributed by atoms with Crippen molar-refractivity contribution in [2.75, 3.05) is 47.5 Å². The van der Waals surface area contributed by atoms with Gasteiger partial charge >= 0.3 is 19.8 Å². The molecule has 2 atom stereocenters. The van der Waals surface area contributed by atoms with Crippen molar-refractivity contribution >= 4 is 19.8 Å². The topological polar surface area (TPSA) is 108 Å². The molecule has 0 fully saturated rings. The number of unbranched alkanes of at least 4 members (excludes halogenated alkanes) is 50. The number of carbonyl (C=O) groups excluding carboxylic acids is 2. The molecule has 0 aliphatic heterocycles. The van der Waals surface area contributed by atoms with Crippen molar-refractivity contribution in [2.45, 2.75) is 418 Å². The summed E-state index contributed by atoms with van der Waals surface area (Å²) in [5, 5.41) is 0. The van der Waals surface area contributed by atoms with E-state index in [0.29, 0.717) is 23.9 Å². The lowest BCUT2D eigenvalue weighted by Crippen LogP contribution is -2.37. The average molecular weight is 1420 g/mol. The molecule has 9 nitrogen and oxygen atoms in total. The molecule has 0 aromatic rings. The molecule has 10 heteroatoms. The third kappa shape index (κ3) is 83.9. The van der Waals surface area contributed by atoms with Crippen LogP contribution >= 0.6 is 7.82 Å². The van der Waals surface area contributed by atoms with Gasteiger partial charge in [0.1, 0.15) is 19.8 Å². The fraction of sp³-hybridized carbons (Fsp3) is 0.800. The Kier molecular flexibility index (Phi) is 77.6. The Labute approximate surface area is 621 Å². The Morgan fingerprint density at radius 3 is 0.850 bits per heavy atom. The summed E-state index contributed by atoms with van der Waals surface area (Å²) in [7, 11) is 1.49. The van der Waals surface area contributed by atoms with E-state index >= 15 is 0 Å². The number of quaternary nitrogens is 1. The minimum Gasteiger partial charge on any atom is -0.462 e. The number of nitrogens with zero attached hydrogens (tertiary/aromatic N) is 1. The minimum absolute atomic E-state index is 0.0317. The molecule has 0 aromatic carbocycles. The summed E-state index contributed by atoms with van der Waals surface area (Å²) in [4.78, 5) is 36.0.